The summed E-state index contributed by atoms with van der Waals surface area (Å²) in [6.45, 7) is 10.3. The molecule has 154 valence electrons. The molecule has 0 saturated heterocycles. The maximum absolute atomic E-state index is 11.4. The van der Waals surface area contributed by atoms with E-state index < -0.39 is 5.97 Å². The summed E-state index contributed by atoms with van der Waals surface area (Å²) in [5.74, 6) is -0.572. The number of aromatic hydroxyl groups is 1. The third-order valence-corrected chi connectivity index (χ3v) is 6.23. The number of hydrogen-bond acceptors (Lipinski definition) is 3. The Morgan fingerprint density at radius 3 is 2.34 bits per heavy atom. The highest BCUT2D eigenvalue weighted by atomic mass is 16.4. The predicted octanol–water partition coefficient (Wildman–Crippen LogP) is 4.58. The number of aryl methyl sites for hydroxylation is 1. The summed E-state index contributed by atoms with van der Waals surface area (Å²) in [5, 5.41) is 19.9. The maximum atomic E-state index is 11.4. The average Bonchev–Trinajstić information content (AvgIpc) is 2.87. The van der Waals surface area contributed by atoms with Crippen LogP contribution in [0.15, 0.2) is 36.4 Å². The zero-order valence-electron chi connectivity index (χ0n) is 18.0. The molecule has 0 radical (unpaired) electrons. The lowest BCUT2D eigenvalue weighted by molar-refractivity contribution is -0.404. The Balaban J connectivity index is 1.84. The second kappa shape index (κ2) is 7.90. The number of phenols is 1. The minimum Gasteiger partial charge on any atom is -0.508 e. The molecule has 0 unspecified atom stereocenters. The number of fused-ring (bicyclic) bond motifs is 1. The molecule has 3 rings (SSSR count). The van der Waals surface area contributed by atoms with Gasteiger partial charge in [-0.15, -0.1) is 0 Å². The number of carboxylic acid groups (broad SMARTS) is 1. The van der Waals surface area contributed by atoms with E-state index in [-0.39, 0.29) is 5.41 Å². The average molecular weight is 396 g/mol. The first-order valence-corrected chi connectivity index (χ1v) is 10.2. The van der Waals surface area contributed by atoms with Crippen LogP contribution in [0.3, 0.4) is 0 Å². The number of anilines is 1. The molecule has 1 heterocycles. The molecule has 1 aliphatic heterocycles. The lowest BCUT2D eigenvalue weighted by Crippen LogP contribution is -2.29. The molecule has 5 nitrogen and oxygen atoms in total. The van der Waals surface area contributed by atoms with E-state index in [1.165, 1.54) is 5.71 Å². The largest absolute Gasteiger partial charge is 0.508 e. The fraction of sp³-hybridized carbons (Fsp3) is 0.417. The first-order valence-electron chi connectivity index (χ1n) is 10.2. The maximum Gasteiger partial charge on any atom is 0.335 e. The number of rotatable bonds is 7. The lowest BCUT2D eigenvalue weighted by Gasteiger charge is -2.22. The van der Waals surface area contributed by atoms with Crippen LogP contribution in [-0.2, 0) is 11.8 Å². The van der Waals surface area contributed by atoms with Crippen molar-refractivity contribution in [3.05, 3.63) is 53.1 Å². The van der Waals surface area contributed by atoms with Gasteiger partial charge in [-0.25, -0.2) is 9.37 Å². The molecule has 0 bridgehead atoms. The van der Waals surface area contributed by atoms with Crippen LogP contribution in [-0.4, -0.2) is 46.6 Å². The first-order chi connectivity index (χ1) is 13.7. The van der Waals surface area contributed by atoms with Gasteiger partial charge in [-0.2, -0.15) is 0 Å². The van der Waals surface area contributed by atoms with Gasteiger partial charge in [0.2, 0.25) is 5.69 Å². The molecule has 0 fully saturated rings. The molecular weight excluding hydrogens is 364 g/mol. The molecular formula is C24H31N2O3+. The topological polar surface area (TPSA) is 63.8 Å². The zero-order chi connectivity index (χ0) is 21.3. The fourth-order valence-electron chi connectivity index (χ4n) is 4.46. The third-order valence-electron chi connectivity index (χ3n) is 6.23. The van der Waals surface area contributed by atoms with Crippen molar-refractivity contribution in [2.45, 2.75) is 46.0 Å². The Hall–Kier alpha value is -2.82. The van der Waals surface area contributed by atoms with Crippen molar-refractivity contribution in [2.75, 3.05) is 25.0 Å². The Kier molecular flexibility index (Phi) is 5.69. The summed E-state index contributed by atoms with van der Waals surface area (Å²) in [5.41, 5.74) is 5.34. The summed E-state index contributed by atoms with van der Waals surface area (Å²) < 4.78 is 2.17. The molecule has 29 heavy (non-hydrogen) atoms. The van der Waals surface area contributed by atoms with Crippen molar-refractivity contribution in [3.63, 3.8) is 0 Å². The van der Waals surface area contributed by atoms with Crippen LogP contribution in [0.2, 0.25) is 0 Å². The fourth-order valence-corrected chi connectivity index (χ4v) is 4.46. The summed E-state index contributed by atoms with van der Waals surface area (Å²) in [6.07, 6.45) is 1.52. The molecule has 5 heteroatoms. The highest BCUT2D eigenvalue weighted by Crippen LogP contribution is 2.41. The monoisotopic (exact) mass is 395 g/mol. The molecule has 0 spiro atoms. The highest BCUT2D eigenvalue weighted by Gasteiger charge is 2.44. The summed E-state index contributed by atoms with van der Waals surface area (Å²) in [6, 6.07) is 11.3. The van der Waals surface area contributed by atoms with E-state index in [0.717, 1.165) is 48.4 Å². The normalized spacial score (nSPS) is 14.8. The van der Waals surface area contributed by atoms with Crippen molar-refractivity contribution in [1.29, 1.82) is 0 Å². The highest BCUT2D eigenvalue weighted by molar-refractivity contribution is 5.97. The van der Waals surface area contributed by atoms with E-state index in [1.54, 1.807) is 12.1 Å². The van der Waals surface area contributed by atoms with E-state index in [9.17, 15) is 15.0 Å². The van der Waals surface area contributed by atoms with Gasteiger partial charge in [0.05, 0.1) is 11.0 Å². The molecule has 2 N–H and O–H groups in total. The molecule has 0 aliphatic carbocycles. The molecule has 2 aromatic rings. The van der Waals surface area contributed by atoms with Gasteiger partial charge in [-0.3, -0.25) is 0 Å². The van der Waals surface area contributed by atoms with Crippen LogP contribution in [0.25, 0.3) is 0 Å². The van der Waals surface area contributed by atoms with E-state index in [0.29, 0.717) is 11.3 Å². The van der Waals surface area contributed by atoms with Crippen molar-refractivity contribution >= 4 is 23.1 Å². The first kappa shape index (κ1) is 20.9. The van der Waals surface area contributed by atoms with Gasteiger partial charge in [0.1, 0.15) is 12.8 Å². The lowest BCUT2D eigenvalue weighted by atomic mass is 9.79. The molecule has 0 atom stereocenters. The zero-order valence-corrected chi connectivity index (χ0v) is 18.0. The number of carboxylic acids is 1. The number of aromatic carboxylic acids is 1. The number of phenolic OH excluding ortho intramolecular Hbond substituents is 1. The van der Waals surface area contributed by atoms with E-state index >= 15 is 0 Å². The van der Waals surface area contributed by atoms with Gasteiger partial charge < -0.3 is 15.1 Å². The van der Waals surface area contributed by atoms with Crippen molar-refractivity contribution in [1.82, 2.24) is 0 Å². The van der Waals surface area contributed by atoms with E-state index in [1.807, 2.05) is 25.2 Å². The third kappa shape index (κ3) is 3.74. The van der Waals surface area contributed by atoms with Crippen molar-refractivity contribution in [2.24, 2.45) is 0 Å². The van der Waals surface area contributed by atoms with Crippen LogP contribution >= 0.6 is 0 Å². The SMILES string of the molecule is CCN(CC)c1ccc(CCC2=[N+](C)c3ccc(C(=O)O)cc3C2(C)C)c(O)c1. The molecule has 2 aromatic carbocycles. The Morgan fingerprint density at radius 1 is 1.07 bits per heavy atom. The standard InChI is InChI=1S/C24H30N2O3/c1-6-26(7-2)18-11-8-16(21(27)15-18)10-13-22-24(3,4)19-14-17(23(28)29)9-12-20(19)25(22)5/h8-9,11-12,14-15H,6-7,10,13H2,1-5H3,(H-,27,28,29)/p+1. The Morgan fingerprint density at radius 2 is 1.76 bits per heavy atom. The summed E-state index contributed by atoms with van der Waals surface area (Å²) >= 11 is 0. The molecule has 0 saturated carbocycles. The minimum atomic E-state index is -0.905. The summed E-state index contributed by atoms with van der Waals surface area (Å²) in [4.78, 5) is 13.6. The molecule has 0 aromatic heterocycles. The van der Waals surface area contributed by atoms with Crippen LogP contribution in [0.1, 0.15) is 55.6 Å². The predicted molar refractivity (Wildman–Crippen MR) is 117 cm³/mol. The molecule has 1 aliphatic rings. The number of benzene rings is 2. The summed E-state index contributed by atoms with van der Waals surface area (Å²) in [7, 11) is 2.03. The Labute approximate surface area is 172 Å². The van der Waals surface area contributed by atoms with Gasteiger partial charge >= 0.3 is 5.97 Å². The van der Waals surface area contributed by atoms with Crippen molar-refractivity contribution in [3.8, 4) is 5.75 Å². The quantitative estimate of drug-likeness (QED) is 0.674. The smallest absolute Gasteiger partial charge is 0.335 e. The van der Waals surface area contributed by atoms with E-state index in [2.05, 4.69) is 43.2 Å². The van der Waals surface area contributed by atoms with Crippen LogP contribution in [0.5, 0.6) is 5.75 Å². The Bertz CT molecular complexity index is 972. The van der Waals surface area contributed by atoms with Crippen LogP contribution < -0.4 is 4.90 Å². The van der Waals surface area contributed by atoms with Crippen LogP contribution in [0, 0.1) is 0 Å². The van der Waals surface area contributed by atoms with Gasteiger partial charge in [-0.1, -0.05) is 6.07 Å². The second-order valence-corrected chi connectivity index (χ2v) is 8.15. The number of carbonyl (C=O) groups is 1. The number of hydrogen-bond donors (Lipinski definition) is 2. The minimum absolute atomic E-state index is 0.258. The van der Waals surface area contributed by atoms with Gasteiger partial charge in [0, 0.05) is 42.9 Å². The van der Waals surface area contributed by atoms with Crippen molar-refractivity contribution < 1.29 is 19.6 Å². The second-order valence-electron chi connectivity index (χ2n) is 8.15. The number of nitrogens with zero attached hydrogens (tertiary/aromatic N) is 2. The van der Waals surface area contributed by atoms with Crippen LogP contribution in [0.4, 0.5) is 11.4 Å². The van der Waals surface area contributed by atoms with Gasteiger partial charge in [0.25, 0.3) is 0 Å². The van der Waals surface area contributed by atoms with E-state index in [4.69, 9.17) is 0 Å². The van der Waals surface area contributed by atoms with Gasteiger partial charge in [-0.05, 0) is 57.9 Å². The van der Waals surface area contributed by atoms with Gasteiger partial charge in [0.15, 0.2) is 5.71 Å². The molecule has 0 amide bonds.